The van der Waals surface area contributed by atoms with E-state index in [-0.39, 0.29) is 22.9 Å². The Balaban J connectivity index is 1.45. The molecule has 0 aliphatic carbocycles. The molecular formula is C18H13N3O4S. The number of hydrogen-bond donors (Lipinski definition) is 0. The molecule has 130 valence electrons. The molecule has 0 spiro atoms. The molecule has 1 aromatic heterocycles. The first-order chi connectivity index (χ1) is 12.7. The highest BCUT2D eigenvalue weighted by Gasteiger charge is 2.35. The first-order valence-electron chi connectivity index (χ1n) is 7.73. The maximum atomic E-state index is 12.3. The first kappa shape index (κ1) is 16.3. The summed E-state index contributed by atoms with van der Waals surface area (Å²) in [6.45, 7) is 0. The molecule has 0 N–H and O–H groups in total. The molecule has 0 bridgehead atoms. The van der Waals surface area contributed by atoms with E-state index >= 15 is 0 Å². The molecule has 26 heavy (non-hydrogen) atoms. The van der Waals surface area contributed by atoms with Crippen LogP contribution in [0.1, 0.15) is 20.7 Å². The Kier molecular flexibility index (Phi) is 4.18. The smallest absolute Gasteiger partial charge is 0.278 e. The monoisotopic (exact) mass is 367 g/mol. The van der Waals surface area contributed by atoms with Gasteiger partial charge in [0.1, 0.15) is 5.75 Å². The number of fused-ring (bicyclic) bond motifs is 1. The van der Waals surface area contributed by atoms with E-state index in [9.17, 15) is 9.59 Å². The molecule has 0 unspecified atom stereocenters. The van der Waals surface area contributed by atoms with Gasteiger partial charge in [0.25, 0.3) is 17.0 Å². The zero-order valence-electron chi connectivity index (χ0n) is 13.7. The largest absolute Gasteiger partial charge is 0.497 e. The number of ether oxygens (including phenoxy) is 1. The Hall–Kier alpha value is -3.13. The summed E-state index contributed by atoms with van der Waals surface area (Å²) in [4.78, 5) is 25.8. The summed E-state index contributed by atoms with van der Waals surface area (Å²) in [6, 6.07) is 14.0. The van der Waals surface area contributed by atoms with E-state index in [4.69, 9.17) is 9.15 Å². The van der Waals surface area contributed by atoms with Gasteiger partial charge >= 0.3 is 0 Å². The van der Waals surface area contributed by atoms with E-state index in [1.54, 1.807) is 43.5 Å². The van der Waals surface area contributed by atoms with Gasteiger partial charge in [0, 0.05) is 5.56 Å². The number of carbonyl (C=O) groups is 2. The van der Waals surface area contributed by atoms with Gasteiger partial charge in [-0.05, 0) is 48.2 Å². The SMILES string of the molecule is COc1ccc(-c2nnc(SCN3C(=O)c4ccccc4C3=O)o2)cc1. The predicted molar refractivity (Wildman–Crippen MR) is 94.0 cm³/mol. The zero-order chi connectivity index (χ0) is 18.1. The zero-order valence-corrected chi connectivity index (χ0v) is 14.5. The lowest BCUT2D eigenvalue weighted by Crippen LogP contribution is -2.29. The van der Waals surface area contributed by atoms with E-state index < -0.39 is 0 Å². The standard InChI is InChI=1S/C18H13N3O4S/c1-24-12-8-6-11(7-9-12)15-19-20-18(25-15)26-10-21-16(22)13-4-2-3-5-14(13)17(21)23/h2-9H,10H2,1H3. The average Bonchev–Trinajstić information content (AvgIpc) is 3.25. The molecule has 2 heterocycles. The van der Waals surface area contributed by atoms with Crippen LogP contribution in [-0.2, 0) is 0 Å². The van der Waals surface area contributed by atoms with Crippen molar-refractivity contribution in [1.82, 2.24) is 15.1 Å². The van der Waals surface area contributed by atoms with Crippen LogP contribution in [0.15, 0.2) is 58.2 Å². The molecule has 0 saturated carbocycles. The second-order valence-corrected chi connectivity index (χ2v) is 6.36. The summed E-state index contributed by atoms with van der Waals surface area (Å²) in [5, 5.41) is 8.24. The minimum absolute atomic E-state index is 0.108. The Morgan fingerprint density at radius 3 is 2.27 bits per heavy atom. The normalized spacial score (nSPS) is 13.2. The van der Waals surface area contributed by atoms with E-state index in [2.05, 4.69) is 10.2 Å². The molecule has 1 aliphatic heterocycles. The first-order valence-corrected chi connectivity index (χ1v) is 8.72. The highest BCUT2D eigenvalue weighted by Crippen LogP contribution is 2.28. The molecule has 4 rings (SSSR count). The molecule has 0 fully saturated rings. The van der Waals surface area contributed by atoms with Crippen molar-refractivity contribution in [3.05, 3.63) is 59.7 Å². The van der Waals surface area contributed by atoms with E-state index in [1.807, 2.05) is 12.1 Å². The second-order valence-electron chi connectivity index (χ2n) is 5.46. The van der Waals surface area contributed by atoms with E-state index in [1.165, 1.54) is 4.90 Å². The summed E-state index contributed by atoms with van der Waals surface area (Å²) in [6.07, 6.45) is 0. The number of benzene rings is 2. The molecule has 3 aromatic rings. The maximum absolute atomic E-state index is 12.3. The number of hydrogen-bond acceptors (Lipinski definition) is 7. The molecule has 2 aromatic carbocycles. The summed E-state index contributed by atoms with van der Waals surface area (Å²) in [5.74, 6) is 0.573. The van der Waals surface area contributed by atoms with Crippen LogP contribution in [0.2, 0.25) is 0 Å². The summed E-state index contributed by atoms with van der Waals surface area (Å²) >= 11 is 1.14. The van der Waals surface area contributed by atoms with Gasteiger partial charge in [-0.3, -0.25) is 14.5 Å². The quantitative estimate of drug-likeness (QED) is 0.506. The van der Waals surface area contributed by atoms with Gasteiger partial charge in [0.05, 0.1) is 24.1 Å². The van der Waals surface area contributed by atoms with Crippen LogP contribution in [0.25, 0.3) is 11.5 Å². The van der Waals surface area contributed by atoms with Crippen LogP contribution in [-0.4, -0.2) is 39.9 Å². The van der Waals surface area contributed by atoms with Crippen molar-refractivity contribution in [3.8, 4) is 17.2 Å². The molecule has 0 saturated heterocycles. The van der Waals surface area contributed by atoms with Crippen molar-refractivity contribution in [1.29, 1.82) is 0 Å². The van der Waals surface area contributed by atoms with Crippen LogP contribution >= 0.6 is 11.8 Å². The van der Waals surface area contributed by atoms with Crippen molar-refractivity contribution in [2.75, 3.05) is 13.0 Å². The number of methoxy groups -OCH3 is 1. The summed E-state index contributed by atoms with van der Waals surface area (Å²) < 4.78 is 10.7. The molecule has 0 atom stereocenters. The van der Waals surface area contributed by atoms with Crippen LogP contribution in [0.5, 0.6) is 5.75 Å². The van der Waals surface area contributed by atoms with Crippen LogP contribution in [0.4, 0.5) is 0 Å². The van der Waals surface area contributed by atoms with Crippen molar-refractivity contribution < 1.29 is 18.7 Å². The van der Waals surface area contributed by atoms with Crippen LogP contribution in [0.3, 0.4) is 0 Å². The second kappa shape index (κ2) is 6.64. The minimum atomic E-state index is -0.312. The molecule has 2 amide bonds. The summed E-state index contributed by atoms with van der Waals surface area (Å²) in [5.41, 5.74) is 1.59. The lowest BCUT2D eigenvalue weighted by molar-refractivity contribution is 0.0684. The fourth-order valence-electron chi connectivity index (χ4n) is 2.59. The number of imide groups is 1. The lowest BCUT2D eigenvalue weighted by Gasteiger charge is -2.11. The van der Waals surface area contributed by atoms with E-state index in [0.29, 0.717) is 17.0 Å². The molecule has 8 heteroatoms. The highest BCUT2D eigenvalue weighted by molar-refractivity contribution is 7.99. The molecule has 0 radical (unpaired) electrons. The third kappa shape index (κ3) is 2.84. The minimum Gasteiger partial charge on any atom is -0.497 e. The third-order valence-corrected chi connectivity index (χ3v) is 4.74. The fraction of sp³-hybridized carbons (Fsp3) is 0.111. The number of nitrogens with zero attached hydrogens (tertiary/aromatic N) is 3. The van der Waals surface area contributed by atoms with Gasteiger partial charge in [-0.25, -0.2) is 0 Å². The Labute approximate surface area is 153 Å². The lowest BCUT2D eigenvalue weighted by atomic mass is 10.1. The summed E-state index contributed by atoms with van der Waals surface area (Å²) in [7, 11) is 1.59. The van der Waals surface area contributed by atoms with Gasteiger partial charge in [-0.2, -0.15) is 0 Å². The average molecular weight is 367 g/mol. The van der Waals surface area contributed by atoms with Crippen molar-refractivity contribution >= 4 is 23.6 Å². The Morgan fingerprint density at radius 1 is 1.00 bits per heavy atom. The van der Waals surface area contributed by atoms with Gasteiger partial charge in [0.2, 0.25) is 5.89 Å². The van der Waals surface area contributed by atoms with E-state index in [0.717, 1.165) is 23.1 Å². The third-order valence-electron chi connectivity index (χ3n) is 3.94. The molecule has 1 aliphatic rings. The number of amides is 2. The number of thioether (sulfide) groups is 1. The van der Waals surface area contributed by atoms with Gasteiger partial charge in [-0.1, -0.05) is 12.1 Å². The number of aromatic nitrogens is 2. The Bertz CT molecular complexity index is 949. The Morgan fingerprint density at radius 2 is 1.65 bits per heavy atom. The molecular weight excluding hydrogens is 354 g/mol. The maximum Gasteiger partial charge on any atom is 0.278 e. The number of carbonyl (C=O) groups excluding carboxylic acids is 2. The fourth-order valence-corrected chi connectivity index (χ4v) is 3.30. The predicted octanol–water partition coefficient (Wildman–Crippen LogP) is 3.09. The molecule has 7 nitrogen and oxygen atoms in total. The number of rotatable bonds is 5. The van der Waals surface area contributed by atoms with Gasteiger partial charge in [0.15, 0.2) is 0 Å². The van der Waals surface area contributed by atoms with Crippen LogP contribution < -0.4 is 4.74 Å². The van der Waals surface area contributed by atoms with Crippen molar-refractivity contribution in [2.45, 2.75) is 5.22 Å². The topological polar surface area (TPSA) is 85.5 Å². The van der Waals surface area contributed by atoms with Crippen molar-refractivity contribution in [3.63, 3.8) is 0 Å². The highest BCUT2D eigenvalue weighted by atomic mass is 32.2. The van der Waals surface area contributed by atoms with Crippen LogP contribution in [0, 0.1) is 0 Å². The van der Waals surface area contributed by atoms with Crippen molar-refractivity contribution in [2.24, 2.45) is 0 Å². The van der Waals surface area contributed by atoms with Gasteiger partial charge in [-0.15, -0.1) is 10.2 Å². The van der Waals surface area contributed by atoms with Gasteiger partial charge < -0.3 is 9.15 Å².